The van der Waals surface area contributed by atoms with Crippen molar-refractivity contribution in [3.63, 3.8) is 0 Å². The molecule has 0 bridgehead atoms. The molecule has 0 saturated carbocycles. The number of hydrogen-bond donors (Lipinski definition) is 2. The van der Waals surface area contributed by atoms with Gasteiger partial charge in [-0.25, -0.2) is 0 Å². The molecule has 1 heterocycles. The van der Waals surface area contributed by atoms with Gasteiger partial charge in [0.05, 0.1) is 6.61 Å². The van der Waals surface area contributed by atoms with Gasteiger partial charge < -0.3 is 15.2 Å². The minimum Gasteiger partial charge on any atom is -0.491 e. The summed E-state index contributed by atoms with van der Waals surface area (Å²) in [6.07, 6.45) is 2.44. The van der Waals surface area contributed by atoms with Crippen LogP contribution in [-0.2, 0) is 13.1 Å². The topological polar surface area (TPSA) is 44.7 Å². The molecule has 1 fully saturated rings. The van der Waals surface area contributed by atoms with Gasteiger partial charge in [0.25, 0.3) is 0 Å². The number of ether oxygens (including phenoxy) is 1. The van der Waals surface area contributed by atoms with Crippen LogP contribution in [0.2, 0.25) is 5.02 Å². The van der Waals surface area contributed by atoms with E-state index in [1.165, 1.54) is 24.0 Å². The molecule has 1 aliphatic rings. The molecule has 1 saturated heterocycles. The van der Waals surface area contributed by atoms with E-state index in [1.807, 2.05) is 24.3 Å². The number of aliphatic hydroxyl groups is 1. The highest BCUT2D eigenvalue weighted by molar-refractivity contribution is 6.30. The Morgan fingerprint density at radius 1 is 1.08 bits per heavy atom. The number of benzene rings is 2. The summed E-state index contributed by atoms with van der Waals surface area (Å²) in [4.78, 5) is 2.51. The van der Waals surface area contributed by atoms with Gasteiger partial charge in [-0.2, -0.15) is 0 Å². The highest BCUT2D eigenvalue weighted by Gasteiger charge is 2.19. The molecule has 0 radical (unpaired) electrons. The van der Waals surface area contributed by atoms with Gasteiger partial charge in [-0.15, -0.1) is 0 Å². The number of piperidine rings is 1. The van der Waals surface area contributed by atoms with Crippen molar-refractivity contribution in [2.75, 3.05) is 26.3 Å². The van der Waals surface area contributed by atoms with Crippen LogP contribution >= 0.6 is 11.6 Å². The first-order chi connectivity index (χ1) is 12.7. The van der Waals surface area contributed by atoms with Crippen LogP contribution in [0.5, 0.6) is 5.75 Å². The average molecular weight is 375 g/mol. The SMILES string of the molecule is OCCOc1ccc(CN[C@@H]2CCCN(Cc3ccc(Cl)cc3)C2)cc1. The number of likely N-dealkylation sites (tertiary alicyclic amines) is 1. The smallest absolute Gasteiger partial charge is 0.119 e. The predicted octanol–water partition coefficient (Wildman–Crippen LogP) is 3.47. The summed E-state index contributed by atoms with van der Waals surface area (Å²) in [6.45, 7) is 4.44. The first kappa shape index (κ1) is 19.2. The van der Waals surface area contributed by atoms with Crippen LogP contribution in [0.15, 0.2) is 48.5 Å². The van der Waals surface area contributed by atoms with Gasteiger partial charge in [-0.05, 0) is 54.8 Å². The predicted molar refractivity (Wildman–Crippen MR) is 106 cm³/mol. The number of rotatable bonds is 8. The second-order valence-corrected chi connectivity index (χ2v) is 7.23. The molecule has 2 aromatic carbocycles. The number of hydrogen-bond acceptors (Lipinski definition) is 4. The zero-order valence-corrected chi connectivity index (χ0v) is 15.8. The number of aliphatic hydroxyl groups excluding tert-OH is 1. The van der Waals surface area contributed by atoms with Gasteiger partial charge >= 0.3 is 0 Å². The van der Waals surface area contributed by atoms with Crippen LogP contribution in [-0.4, -0.2) is 42.4 Å². The molecule has 2 aromatic rings. The third-order valence-electron chi connectivity index (χ3n) is 4.70. The normalized spacial score (nSPS) is 18.0. The average Bonchev–Trinajstić information content (AvgIpc) is 2.68. The standard InChI is InChI=1S/C21H27ClN2O2/c22-19-7-3-18(4-8-19)15-24-11-1-2-20(16-24)23-14-17-5-9-21(10-6-17)26-13-12-25/h3-10,20,23,25H,1-2,11-16H2/t20-/m1/s1. The summed E-state index contributed by atoms with van der Waals surface area (Å²) in [5, 5.41) is 13.3. The summed E-state index contributed by atoms with van der Waals surface area (Å²) in [5.41, 5.74) is 2.56. The maximum Gasteiger partial charge on any atom is 0.119 e. The zero-order valence-electron chi connectivity index (χ0n) is 15.0. The minimum atomic E-state index is 0.0392. The van der Waals surface area contributed by atoms with Crippen molar-refractivity contribution in [3.8, 4) is 5.75 Å². The van der Waals surface area contributed by atoms with Gasteiger partial charge in [0, 0.05) is 30.7 Å². The lowest BCUT2D eigenvalue weighted by Crippen LogP contribution is -2.45. The first-order valence-electron chi connectivity index (χ1n) is 9.26. The van der Waals surface area contributed by atoms with Crippen LogP contribution in [0.4, 0.5) is 0 Å². The van der Waals surface area contributed by atoms with E-state index in [4.69, 9.17) is 21.4 Å². The van der Waals surface area contributed by atoms with E-state index in [0.29, 0.717) is 12.6 Å². The van der Waals surface area contributed by atoms with Crippen LogP contribution in [0, 0.1) is 0 Å². The Labute approximate surface area is 160 Å². The molecule has 0 aromatic heterocycles. The van der Waals surface area contributed by atoms with Crippen molar-refractivity contribution in [2.24, 2.45) is 0 Å². The van der Waals surface area contributed by atoms with Crippen LogP contribution in [0.25, 0.3) is 0 Å². The number of nitrogens with one attached hydrogen (secondary N) is 1. The Bertz CT molecular complexity index is 661. The lowest BCUT2D eigenvalue weighted by Gasteiger charge is -2.33. The van der Waals surface area contributed by atoms with E-state index in [9.17, 15) is 0 Å². The lowest BCUT2D eigenvalue weighted by molar-refractivity contribution is 0.182. The van der Waals surface area contributed by atoms with E-state index in [0.717, 1.165) is 37.0 Å². The molecule has 1 aliphatic heterocycles. The summed E-state index contributed by atoms with van der Waals surface area (Å²) in [5.74, 6) is 0.801. The quantitative estimate of drug-likeness (QED) is 0.742. The molecule has 3 rings (SSSR count). The Balaban J connectivity index is 1.45. The molecule has 0 unspecified atom stereocenters. The fraction of sp³-hybridized carbons (Fsp3) is 0.429. The van der Waals surface area contributed by atoms with E-state index in [-0.39, 0.29) is 6.61 Å². The highest BCUT2D eigenvalue weighted by Crippen LogP contribution is 2.17. The Morgan fingerprint density at radius 3 is 2.54 bits per heavy atom. The Hall–Kier alpha value is -1.59. The largest absolute Gasteiger partial charge is 0.491 e. The van der Waals surface area contributed by atoms with Crippen LogP contribution in [0.1, 0.15) is 24.0 Å². The third kappa shape index (κ3) is 5.99. The zero-order chi connectivity index (χ0) is 18.2. The van der Waals surface area contributed by atoms with Crippen LogP contribution in [0.3, 0.4) is 0 Å². The van der Waals surface area contributed by atoms with Crippen molar-refractivity contribution >= 4 is 11.6 Å². The fourth-order valence-corrected chi connectivity index (χ4v) is 3.47. The molecule has 1 atom stereocenters. The van der Waals surface area contributed by atoms with E-state index >= 15 is 0 Å². The number of halogens is 1. The Kier molecular flexibility index (Phi) is 7.32. The first-order valence-corrected chi connectivity index (χ1v) is 9.63. The van der Waals surface area contributed by atoms with E-state index < -0.39 is 0 Å². The van der Waals surface area contributed by atoms with Crippen LogP contribution < -0.4 is 10.1 Å². The summed E-state index contributed by atoms with van der Waals surface area (Å²) in [7, 11) is 0. The number of nitrogens with zero attached hydrogens (tertiary/aromatic N) is 1. The van der Waals surface area contributed by atoms with Crippen molar-refractivity contribution in [1.82, 2.24) is 10.2 Å². The fourth-order valence-electron chi connectivity index (χ4n) is 3.34. The Morgan fingerprint density at radius 2 is 1.81 bits per heavy atom. The summed E-state index contributed by atoms with van der Waals surface area (Å²) < 4.78 is 5.40. The maximum atomic E-state index is 8.79. The second kappa shape index (κ2) is 9.93. The van der Waals surface area contributed by atoms with Crippen molar-refractivity contribution in [3.05, 3.63) is 64.7 Å². The molecule has 0 spiro atoms. The molecule has 26 heavy (non-hydrogen) atoms. The van der Waals surface area contributed by atoms with Crippen molar-refractivity contribution < 1.29 is 9.84 Å². The van der Waals surface area contributed by atoms with Gasteiger partial charge in [0.2, 0.25) is 0 Å². The molecule has 5 heteroatoms. The summed E-state index contributed by atoms with van der Waals surface area (Å²) >= 11 is 5.97. The molecule has 4 nitrogen and oxygen atoms in total. The van der Waals surface area contributed by atoms with Gasteiger partial charge in [-0.3, -0.25) is 4.90 Å². The van der Waals surface area contributed by atoms with Gasteiger partial charge in [0.15, 0.2) is 0 Å². The van der Waals surface area contributed by atoms with Crippen molar-refractivity contribution in [1.29, 1.82) is 0 Å². The van der Waals surface area contributed by atoms with Gasteiger partial charge in [-0.1, -0.05) is 35.9 Å². The third-order valence-corrected chi connectivity index (χ3v) is 4.96. The molecule has 2 N–H and O–H groups in total. The monoisotopic (exact) mass is 374 g/mol. The van der Waals surface area contributed by atoms with E-state index in [1.54, 1.807) is 0 Å². The van der Waals surface area contributed by atoms with E-state index in [2.05, 4.69) is 34.5 Å². The summed E-state index contributed by atoms with van der Waals surface area (Å²) in [6, 6.07) is 16.7. The minimum absolute atomic E-state index is 0.0392. The maximum absolute atomic E-state index is 8.79. The molecule has 0 amide bonds. The molecule has 0 aliphatic carbocycles. The van der Waals surface area contributed by atoms with Gasteiger partial charge in [0.1, 0.15) is 12.4 Å². The molecular weight excluding hydrogens is 348 g/mol. The second-order valence-electron chi connectivity index (χ2n) is 6.80. The molecule has 140 valence electrons. The van der Waals surface area contributed by atoms with Crippen molar-refractivity contribution in [2.45, 2.75) is 32.0 Å². The molecular formula is C21H27ClN2O2. The highest BCUT2D eigenvalue weighted by atomic mass is 35.5. The lowest BCUT2D eigenvalue weighted by atomic mass is 10.0.